The smallest absolute Gasteiger partial charge is 0.226 e. The first-order valence-electron chi connectivity index (χ1n) is 9.69. The summed E-state index contributed by atoms with van der Waals surface area (Å²) < 4.78 is 13.2. The molecule has 0 aliphatic carbocycles. The Balaban J connectivity index is 1.59. The number of aryl methyl sites for hydroxylation is 1. The van der Waals surface area contributed by atoms with Gasteiger partial charge in [0.25, 0.3) is 0 Å². The SMILES string of the molecule is COCCn1c(C)cc(C(=O)COc2ncnc3scc(-c4ccccc4)c23)c1C. The summed E-state index contributed by atoms with van der Waals surface area (Å²) in [7, 11) is 1.67. The predicted octanol–water partition coefficient (Wildman–Crippen LogP) is 4.68. The lowest BCUT2D eigenvalue weighted by molar-refractivity contribution is 0.0918. The molecule has 0 bridgehead atoms. The predicted molar refractivity (Wildman–Crippen MR) is 118 cm³/mol. The molecule has 0 fully saturated rings. The Morgan fingerprint density at radius 1 is 1.17 bits per heavy atom. The molecule has 1 aromatic carbocycles. The van der Waals surface area contributed by atoms with Crippen LogP contribution in [-0.2, 0) is 11.3 Å². The molecule has 0 aliphatic rings. The van der Waals surface area contributed by atoms with Gasteiger partial charge in [0.15, 0.2) is 6.61 Å². The van der Waals surface area contributed by atoms with Gasteiger partial charge in [0.1, 0.15) is 11.2 Å². The van der Waals surface area contributed by atoms with Gasteiger partial charge in [-0.2, -0.15) is 0 Å². The van der Waals surface area contributed by atoms with Crippen LogP contribution in [0.4, 0.5) is 0 Å². The lowest BCUT2D eigenvalue weighted by atomic mass is 10.1. The Bertz CT molecular complexity index is 1180. The second kappa shape index (κ2) is 8.77. The van der Waals surface area contributed by atoms with E-state index in [2.05, 4.69) is 14.5 Å². The summed E-state index contributed by atoms with van der Waals surface area (Å²) in [6.07, 6.45) is 1.48. The van der Waals surface area contributed by atoms with Crippen LogP contribution < -0.4 is 4.74 Å². The molecule has 4 aromatic rings. The first-order chi connectivity index (χ1) is 14.6. The van der Waals surface area contributed by atoms with Crippen molar-refractivity contribution in [3.8, 4) is 17.0 Å². The first-order valence-corrected chi connectivity index (χ1v) is 10.6. The Labute approximate surface area is 179 Å². The zero-order chi connectivity index (χ0) is 21.1. The maximum absolute atomic E-state index is 12.9. The number of thiophene rings is 1. The maximum Gasteiger partial charge on any atom is 0.226 e. The van der Waals surface area contributed by atoms with E-state index in [-0.39, 0.29) is 12.4 Å². The Morgan fingerprint density at radius 3 is 2.73 bits per heavy atom. The largest absolute Gasteiger partial charge is 0.469 e. The molecule has 0 unspecified atom stereocenters. The summed E-state index contributed by atoms with van der Waals surface area (Å²) in [6, 6.07) is 12.0. The third-order valence-corrected chi connectivity index (χ3v) is 6.04. The number of aromatic nitrogens is 3. The monoisotopic (exact) mass is 421 g/mol. The minimum atomic E-state index is -0.0786. The van der Waals surface area contributed by atoms with Crippen molar-refractivity contribution >= 4 is 27.3 Å². The van der Waals surface area contributed by atoms with Crippen molar-refractivity contribution in [2.75, 3.05) is 20.3 Å². The van der Waals surface area contributed by atoms with Gasteiger partial charge >= 0.3 is 0 Å². The summed E-state index contributed by atoms with van der Waals surface area (Å²) in [5.41, 5.74) is 4.70. The Morgan fingerprint density at radius 2 is 1.97 bits per heavy atom. The van der Waals surface area contributed by atoms with Gasteiger partial charge in [0.2, 0.25) is 11.7 Å². The minimum Gasteiger partial charge on any atom is -0.469 e. The van der Waals surface area contributed by atoms with E-state index in [0.717, 1.165) is 32.7 Å². The highest BCUT2D eigenvalue weighted by atomic mass is 32.1. The lowest BCUT2D eigenvalue weighted by Crippen LogP contribution is -2.14. The van der Waals surface area contributed by atoms with Crippen molar-refractivity contribution in [1.82, 2.24) is 14.5 Å². The van der Waals surface area contributed by atoms with E-state index in [0.29, 0.717) is 24.6 Å². The fourth-order valence-corrected chi connectivity index (χ4v) is 4.52. The molecule has 4 rings (SSSR count). The average molecular weight is 422 g/mol. The number of methoxy groups -OCH3 is 1. The Kier molecular flexibility index (Phi) is 5.92. The number of ether oxygens (including phenoxy) is 2. The topological polar surface area (TPSA) is 66.2 Å². The normalized spacial score (nSPS) is 11.2. The minimum absolute atomic E-state index is 0.0741. The number of fused-ring (bicyclic) bond motifs is 1. The molecule has 0 spiro atoms. The third kappa shape index (κ3) is 3.86. The van der Waals surface area contributed by atoms with Crippen molar-refractivity contribution in [1.29, 1.82) is 0 Å². The van der Waals surface area contributed by atoms with E-state index in [1.54, 1.807) is 7.11 Å². The van der Waals surface area contributed by atoms with Crippen LogP contribution in [0.15, 0.2) is 48.1 Å². The van der Waals surface area contributed by atoms with Crippen molar-refractivity contribution < 1.29 is 14.3 Å². The van der Waals surface area contributed by atoms with Crippen LogP contribution in [0.1, 0.15) is 21.7 Å². The van der Waals surface area contributed by atoms with Crippen LogP contribution in [0.3, 0.4) is 0 Å². The second-order valence-electron chi connectivity index (χ2n) is 7.02. The molecule has 3 aromatic heterocycles. The number of nitrogens with zero attached hydrogens (tertiary/aromatic N) is 3. The highest BCUT2D eigenvalue weighted by Gasteiger charge is 2.19. The number of Topliss-reactive ketones (excluding diaryl/α,β-unsaturated/α-hetero) is 1. The fourth-order valence-electron chi connectivity index (χ4n) is 3.61. The molecule has 0 saturated heterocycles. The van der Waals surface area contributed by atoms with E-state index in [1.165, 1.54) is 17.7 Å². The summed E-state index contributed by atoms with van der Waals surface area (Å²) in [6.45, 7) is 5.17. The van der Waals surface area contributed by atoms with Gasteiger partial charge < -0.3 is 14.0 Å². The molecule has 0 atom stereocenters. The van der Waals surface area contributed by atoms with Crippen LogP contribution in [0.2, 0.25) is 0 Å². The molecule has 30 heavy (non-hydrogen) atoms. The second-order valence-corrected chi connectivity index (χ2v) is 7.87. The van der Waals surface area contributed by atoms with Gasteiger partial charge in [-0.25, -0.2) is 9.97 Å². The number of benzene rings is 1. The number of rotatable bonds is 8. The van der Waals surface area contributed by atoms with Crippen LogP contribution in [-0.4, -0.2) is 40.6 Å². The van der Waals surface area contributed by atoms with E-state index >= 15 is 0 Å². The van der Waals surface area contributed by atoms with Gasteiger partial charge in [0, 0.05) is 41.5 Å². The first kappa shape index (κ1) is 20.3. The van der Waals surface area contributed by atoms with Crippen molar-refractivity contribution in [2.24, 2.45) is 0 Å². The molecule has 0 N–H and O–H groups in total. The van der Waals surface area contributed by atoms with Gasteiger partial charge in [-0.05, 0) is 25.5 Å². The van der Waals surface area contributed by atoms with E-state index in [4.69, 9.17) is 9.47 Å². The number of ketones is 1. The van der Waals surface area contributed by atoms with E-state index in [9.17, 15) is 4.79 Å². The zero-order valence-corrected chi connectivity index (χ0v) is 18.0. The fraction of sp³-hybridized carbons (Fsp3) is 0.261. The molecule has 0 saturated carbocycles. The van der Waals surface area contributed by atoms with Gasteiger partial charge in [-0.15, -0.1) is 11.3 Å². The van der Waals surface area contributed by atoms with Crippen molar-refractivity contribution in [2.45, 2.75) is 20.4 Å². The van der Waals surface area contributed by atoms with Crippen LogP contribution in [0.25, 0.3) is 21.3 Å². The maximum atomic E-state index is 12.9. The third-order valence-electron chi connectivity index (χ3n) is 5.15. The summed E-state index contributed by atoms with van der Waals surface area (Å²) >= 11 is 1.54. The Hall–Kier alpha value is -3.03. The van der Waals surface area contributed by atoms with Crippen LogP contribution in [0, 0.1) is 13.8 Å². The molecule has 0 aliphatic heterocycles. The molecule has 0 amide bonds. The van der Waals surface area contributed by atoms with E-state index in [1.807, 2.05) is 55.6 Å². The highest BCUT2D eigenvalue weighted by Crippen LogP contribution is 2.37. The number of hydrogen-bond acceptors (Lipinski definition) is 6. The molecular weight excluding hydrogens is 398 g/mol. The summed E-state index contributed by atoms with van der Waals surface area (Å²) in [5, 5.41) is 2.89. The standard InChI is InChI=1S/C23H23N3O3S/c1-15-11-18(16(2)26(15)9-10-28-3)20(27)12-29-22-21-19(17-7-5-4-6-8-17)13-30-23(21)25-14-24-22/h4-8,11,13-14H,9-10,12H2,1-3H3. The molecule has 154 valence electrons. The number of hydrogen-bond donors (Lipinski definition) is 0. The molecule has 3 heterocycles. The quantitative estimate of drug-likeness (QED) is 0.386. The van der Waals surface area contributed by atoms with Gasteiger partial charge in [-0.1, -0.05) is 30.3 Å². The van der Waals surface area contributed by atoms with E-state index < -0.39 is 0 Å². The summed E-state index contributed by atoms with van der Waals surface area (Å²) in [4.78, 5) is 22.4. The molecule has 0 radical (unpaired) electrons. The van der Waals surface area contributed by atoms with Crippen LogP contribution >= 0.6 is 11.3 Å². The van der Waals surface area contributed by atoms with Gasteiger partial charge in [-0.3, -0.25) is 4.79 Å². The van der Waals surface area contributed by atoms with Crippen LogP contribution in [0.5, 0.6) is 5.88 Å². The van der Waals surface area contributed by atoms with Crippen molar-refractivity contribution in [3.63, 3.8) is 0 Å². The molecular formula is C23H23N3O3S. The average Bonchev–Trinajstić information content (AvgIpc) is 3.32. The van der Waals surface area contributed by atoms with Crippen molar-refractivity contribution in [3.05, 3.63) is 65.1 Å². The molecule has 7 heteroatoms. The number of carbonyl (C=O) groups excluding carboxylic acids is 1. The van der Waals surface area contributed by atoms with Gasteiger partial charge in [0.05, 0.1) is 12.0 Å². The highest BCUT2D eigenvalue weighted by molar-refractivity contribution is 7.17. The summed E-state index contributed by atoms with van der Waals surface area (Å²) in [5.74, 6) is 0.358. The molecule has 6 nitrogen and oxygen atoms in total. The lowest BCUT2D eigenvalue weighted by Gasteiger charge is -2.09. The zero-order valence-electron chi connectivity index (χ0n) is 17.2. The number of carbonyl (C=O) groups is 1.